The smallest absolute Gasteiger partial charge is 0.549 e. The van der Waals surface area contributed by atoms with Crippen molar-refractivity contribution in [2.24, 2.45) is 0 Å². The van der Waals surface area contributed by atoms with Crippen LogP contribution >= 0.6 is 34.8 Å². The fourth-order valence-electron chi connectivity index (χ4n) is 4.34. The molecule has 5 rings (SSSR count). The van der Waals surface area contributed by atoms with Crippen LogP contribution in [-0.2, 0) is 11.2 Å². The fraction of sp³-hybridized carbons (Fsp3) is 0.161. The van der Waals surface area contributed by atoms with Gasteiger partial charge in [-0.25, -0.2) is 0 Å². The number of hydroxylamine groups is 2. The van der Waals surface area contributed by atoms with Gasteiger partial charge in [-0.05, 0) is 85.1 Å². The molecule has 0 saturated heterocycles. The predicted molar refractivity (Wildman–Crippen MR) is 154 cm³/mol. The summed E-state index contributed by atoms with van der Waals surface area (Å²) in [6, 6.07) is 23.7. The number of carboxylic acid groups (broad SMARTS) is 1. The summed E-state index contributed by atoms with van der Waals surface area (Å²) in [5, 5.41) is 14.2. The SMILES string of the molecule is O=C([O-])C1CCOc2cc(Oc3ccc(C(=O)N(CCc4ccc(Cl)cc4)Oc4ccc(Cl)cc4)cc3)c(Cl)cc21.[Na+]. The number of benzene rings is 4. The maximum Gasteiger partial charge on any atom is 1.00 e. The summed E-state index contributed by atoms with van der Waals surface area (Å²) in [6.45, 7) is 0.523. The number of carboxylic acids is 1. The van der Waals surface area contributed by atoms with Gasteiger partial charge in [0.25, 0.3) is 5.91 Å². The van der Waals surface area contributed by atoms with E-state index in [1.807, 2.05) is 12.1 Å². The van der Waals surface area contributed by atoms with Gasteiger partial charge < -0.3 is 24.2 Å². The van der Waals surface area contributed by atoms with Crippen molar-refractivity contribution in [3.63, 3.8) is 0 Å². The van der Waals surface area contributed by atoms with Crippen LogP contribution in [0.1, 0.15) is 33.8 Å². The molecule has 210 valence electrons. The summed E-state index contributed by atoms with van der Waals surface area (Å²) < 4.78 is 11.6. The summed E-state index contributed by atoms with van der Waals surface area (Å²) in [5.74, 6) is -0.776. The number of amides is 1. The van der Waals surface area contributed by atoms with Gasteiger partial charge in [0.2, 0.25) is 0 Å². The normalized spacial score (nSPS) is 13.6. The molecule has 1 atom stereocenters. The third kappa shape index (κ3) is 7.92. The molecule has 4 aromatic rings. The van der Waals surface area contributed by atoms with Gasteiger partial charge >= 0.3 is 29.6 Å². The quantitative estimate of drug-likeness (QED) is 0.206. The van der Waals surface area contributed by atoms with Crippen molar-refractivity contribution in [1.82, 2.24) is 5.06 Å². The molecule has 11 heteroatoms. The van der Waals surface area contributed by atoms with Gasteiger partial charge in [-0.2, -0.15) is 5.06 Å². The number of carbonyl (C=O) groups is 2. The second-order valence-corrected chi connectivity index (χ2v) is 10.6. The van der Waals surface area contributed by atoms with Crippen LogP contribution in [0.4, 0.5) is 0 Å². The number of aliphatic carboxylic acids is 1. The fourth-order valence-corrected chi connectivity index (χ4v) is 4.80. The summed E-state index contributed by atoms with van der Waals surface area (Å²) in [4.78, 5) is 30.9. The van der Waals surface area contributed by atoms with E-state index < -0.39 is 11.9 Å². The van der Waals surface area contributed by atoms with Crippen molar-refractivity contribution in [2.75, 3.05) is 13.2 Å². The first kappa shape index (κ1) is 32.0. The summed E-state index contributed by atoms with van der Waals surface area (Å²) in [6.07, 6.45) is 0.842. The van der Waals surface area contributed by atoms with Crippen molar-refractivity contribution in [3.8, 4) is 23.0 Å². The number of rotatable bonds is 9. The summed E-state index contributed by atoms with van der Waals surface area (Å²) in [7, 11) is 0. The third-order valence-electron chi connectivity index (χ3n) is 6.49. The molecule has 7 nitrogen and oxygen atoms in total. The average molecular weight is 635 g/mol. The van der Waals surface area contributed by atoms with Gasteiger partial charge in [0.15, 0.2) is 5.75 Å². The largest absolute Gasteiger partial charge is 1.00 e. The van der Waals surface area contributed by atoms with Crippen molar-refractivity contribution in [2.45, 2.75) is 18.8 Å². The predicted octanol–water partition coefficient (Wildman–Crippen LogP) is 3.74. The number of nitrogens with zero attached hydrogens (tertiary/aromatic N) is 1. The standard InChI is InChI=1S/C31H24Cl3NO6.Na/c32-21-5-1-19(2-6-21)13-15-35(41-24-11-7-22(33)8-12-24)30(36)20-3-9-23(10-4-20)40-29-18-28-26(17-27(29)34)25(31(37)38)14-16-39-28;/h1-12,17-18,25H,13-16H2,(H,37,38);/q;+1/p-1. The van der Waals surface area contributed by atoms with Gasteiger partial charge in [0.05, 0.1) is 18.2 Å². The Morgan fingerprint density at radius 3 is 2.14 bits per heavy atom. The number of hydrogen-bond donors (Lipinski definition) is 0. The molecular weight excluding hydrogens is 612 g/mol. The molecule has 0 N–H and O–H groups in total. The molecule has 0 saturated carbocycles. The molecule has 0 aromatic heterocycles. The van der Waals surface area contributed by atoms with E-state index in [1.165, 1.54) is 11.1 Å². The van der Waals surface area contributed by atoms with Gasteiger partial charge in [-0.15, -0.1) is 0 Å². The number of halogens is 3. The van der Waals surface area contributed by atoms with E-state index in [1.54, 1.807) is 66.7 Å². The Hall–Kier alpha value is -2.91. The van der Waals surface area contributed by atoms with Crippen molar-refractivity contribution < 1.29 is 58.6 Å². The van der Waals surface area contributed by atoms with E-state index in [0.29, 0.717) is 57.0 Å². The van der Waals surface area contributed by atoms with Crippen LogP contribution in [-0.4, -0.2) is 30.1 Å². The minimum atomic E-state index is -1.18. The van der Waals surface area contributed by atoms with Crippen LogP contribution in [0.25, 0.3) is 0 Å². The van der Waals surface area contributed by atoms with E-state index in [9.17, 15) is 14.7 Å². The first-order chi connectivity index (χ1) is 19.8. The molecule has 1 aliphatic rings. The van der Waals surface area contributed by atoms with Gasteiger partial charge in [0, 0.05) is 39.1 Å². The monoisotopic (exact) mass is 633 g/mol. The molecule has 1 aliphatic heterocycles. The van der Waals surface area contributed by atoms with Crippen LogP contribution < -0.4 is 49.0 Å². The minimum Gasteiger partial charge on any atom is -0.549 e. The molecule has 0 bridgehead atoms. The molecule has 0 spiro atoms. The Kier molecular flexibility index (Phi) is 11.1. The van der Waals surface area contributed by atoms with E-state index >= 15 is 0 Å². The van der Waals surface area contributed by atoms with E-state index in [4.69, 9.17) is 49.1 Å². The van der Waals surface area contributed by atoms with Crippen LogP contribution in [0.15, 0.2) is 84.9 Å². The van der Waals surface area contributed by atoms with Crippen LogP contribution in [0.5, 0.6) is 23.0 Å². The second kappa shape index (κ2) is 14.5. The van der Waals surface area contributed by atoms with Gasteiger partial charge in [0.1, 0.15) is 17.2 Å². The maximum absolute atomic E-state index is 13.5. The van der Waals surface area contributed by atoms with Crippen LogP contribution in [0.3, 0.4) is 0 Å². The zero-order chi connectivity index (χ0) is 28.9. The Morgan fingerprint density at radius 2 is 1.50 bits per heavy atom. The van der Waals surface area contributed by atoms with Crippen molar-refractivity contribution in [3.05, 3.63) is 117 Å². The van der Waals surface area contributed by atoms with Crippen molar-refractivity contribution >= 4 is 46.7 Å². The van der Waals surface area contributed by atoms with E-state index in [0.717, 1.165) is 5.56 Å². The topological polar surface area (TPSA) is 88.1 Å². The van der Waals surface area contributed by atoms with Crippen LogP contribution in [0.2, 0.25) is 15.1 Å². The van der Waals surface area contributed by atoms with Gasteiger partial charge in [-0.3, -0.25) is 4.79 Å². The molecule has 1 amide bonds. The number of carbonyl (C=O) groups excluding carboxylic acids is 2. The first-order valence-electron chi connectivity index (χ1n) is 12.7. The summed E-state index contributed by atoms with van der Waals surface area (Å²) >= 11 is 18.4. The zero-order valence-corrected chi connectivity index (χ0v) is 26.8. The number of fused-ring (bicyclic) bond motifs is 1. The minimum absolute atomic E-state index is 0. The third-order valence-corrected chi connectivity index (χ3v) is 7.29. The molecular formula is C31H23Cl3NNaO6. The molecule has 42 heavy (non-hydrogen) atoms. The molecule has 0 aliphatic carbocycles. The summed E-state index contributed by atoms with van der Waals surface area (Å²) in [5.41, 5.74) is 1.82. The maximum atomic E-state index is 13.5. The zero-order valence-electron chi connectivity index (χ0n) is 22.5. The second-order valence-electron chi connectivity index (χ2n) is 9.28. The van der Waals surface area contributed by atoms with Crippen molar-refractivity contribution in [1.29, 1.82) is 0 Å². The van der Waals surface area contributed by atoms with Gasteiger partial charge in [-0.1, -0.05) is 46.9 Å². The molecule has 0 radical (unpaired) electrons. The average Bonchev–Trinajstić information content (AvgIpc) is 2.97. The van der Waals surface area contributed by atoms with E-state index in [2.05, 4.69) is 0 Å². The molecule has 0 fully saturated rings. The van der Waals surface area contributed by atoms with E-state index in [-0.39, 0.29) is 53.6 Å². The number of hydrogen-bond acceptors (Lipinski definition) is 6. The Labute approximate surface area is 280 Å². The number of ether oxygens (including phenoxy) is 2. The molecule has 1 unspecified atom stereocenters. The Bertz CT molecular complexity index is 1550. The molecule has 4 aromatic carbocycles. The Morgan fingerprint density at radius 1 is 0.881 bits per heavy atom. The Balaban J connectivity index is 0.00000405. The first-order valence-corrected chi connectivity index (χ1v) is 13.8. The molecule has 1 heterocycles. The van der Waals surface area contributed by atoms with Crippen LogP contribution in [0, 0.1) is 0 Å².